The lowest BCUT2D eigenvalue weighted by Crippen LogP contribution is -2.49. The van der Waals surface area contributed by atoms with E-state index in [1.165, 1.54) is 5.56 Å². The quantitative estimate of drug-likeness (QED) is 0.885. The number of likely N-dealkylation sites (tertiary alicyclic amines) is 1. The molecule has 2 saturated heterocycles. The number of aromatic amines is 1. The van der Waals surface area contributed by atoms with Crippen LogP contribution in [0.3, 0.4) is 0 Å². The number of hydrogen-bond donors (Lipinski definition) is 1. The number of H-pyrrole nitrogens is 1. The molecule has 1 atom stereocenters. The van der Waals surface area contributed by atoms with Gasteiger partial charge in [-0.05, 0) is 50.5 Å². The van der Waals surface area contributed by atoms with Crippen LogP contribution < -0.4 is 0 Å². The van der Waals surface area contributed by atoms with Crippen LogP contribution in [0, 0.1) is 19.8 Å². The Balaban J connectivity index is 1.50. The lowest BCUT2D eigenvalue weighted by atomic mass is 9.95. The number of nitrogens with one attached hydrogen (secondary N) is 1. The minimum Gasteiger partial charge on any atom is -0.378 e. The van der Waals surface area contributed by atoms with Crippen LogP contribution in [0.4, 0.5) is 0 Å². The summed E-state index contributed by atoms with van der Waals surface area (Å²) in [7, 11) is 0. The molecule has 0 aliphatic carbocycles. The second-order valence-electron chi connectivity index (χ2n) is 7.66. The number of fused-ring (bicyclic) bond motifs is 1. The Hall–Kier alpha value is -2.34. The molecule has 2 aliphatic heterocycles. The van der Waals surface area contributed by atoms with Gasteiger partial charge in [-0.1, -0.05) is 0 Å². The summed E-state index contributed by atoms with van der Waals surface area (Å²) in [4.78, 5) is 33.0. The molecule has 6 heteroatoms. The Kier molecular flexibility index (Phi) is 4.91. The van der Waals surface area contributed by atoms with Crippen molar-refractivity contribution in [2.45, 2.75) is 26.7 Å². The third-order valence-electron chi connectivity index (χ3n) is 5.94. The fourth-order valence-electron chi connectivity index (χ4n) is 4.18. The average molecular weight is 369 g/mol. The zero-order valence-electron chi connectivity index (χ0n) is 16.1. The van der Waals surface area contributed by atoms with E-state index in [2.05, 4.69) is 11.9 Å². The van der Waals surface area contributed by atoms with Gasteiger partial charge in [-0.15, -0.1) is 0 Å². The highest BCUT2D eigenvalue weighted by Crippen LogP contribution is 2.25. The van der Waals surface area contributed by atoms with Crippen molar-refractivity contribution in [3.63, 3.8) is 0 Å². The lowest BCUT2D eigenvalue weighted by molar-refractivity contribution is -0.141. The van der Waals surface area contributed by atoms with Crippen molar-refractivity contribution in [2.75, 3.05) is 39.4 Å². The number of hydrogen-bond acceptors (Lipinski definition) is 3. The Morgan fingerprint density at radius 3 is 2.67 bits per heavy atom. The van der Waals surface area contributed by atoms with Crippen LogP contribution in [0.15, 0.2) is 18.2 Å². The molecule has 1 N–H and O–H groups in total. The van der Waals surface area contributed by atoms with Crippen molar-refractivity contribution in [3.8, 4) is 0 Å². The first kappa shape index (κ1) is 18.0. The molecule has 1 unspecified atom stereocenters. The zero-order valence-corrected chi connectivity index (χ0v) is 16.1. The van der Waals surface area contributed by atoms with Crippen LogP contribution in [0.5, 0.6) is 0 Å². The SMILES string of the molecule is Cc1[nH]c2ccc(C(=O)N3CCCC(C(=O)N4CCOCC4)C3)cc2c1C. The van der Waals surface area contributed by atoms with Gasteiger partial charge in [0.15, 0.2) is 0 Å². The molecule has 1 aromatic heterocycles. The number of nitrogens with zero attached hydrogens (tertiary/aromatic N) is 2. The van der Waals surface area contributed by atoms with Crippen LogP contribution in [0.1, 0.15) is 34.5 Å². The summed E-state index contributed by atoms with van der Waals surface area (Å²) >= 11 is 0. The van der Waals surface area contributed by atoms with Crippen molar-refractivity contribution in [1.82, 2.24) is 14.8 Å². The molecular formula is C21H27N3O3. The molecule has 1 aromatic carbocycles. The molecule has 2 aliphatic rings. The Labute approximate surface area is 159 Å². The number of rotatable bonds is 2. The fraction of sp³-hybridized carbons (Fsp3) is 0.524. The first-order valence-corrected chi connectivity index (χ1v) is 9.79. The van der Waals surface area contributed by atoms with Crippen LogP contribution in [0.2, 0.25) is 0 Å². The minimum absolute atomic E-state index is 0.0228. The van der Waals surface area contributed by atoms with Gasteiger partial charge in [0.1, 0.15) is 0 Å². The first-order chi connectivity index (χ1) is 13.0. The predicted octanol–water partition coefficient (Wildman–Crippen LogP) is 2.50. The van der Waals surface area contributed by atoms with E-state index in [1.54, 1.807) is 0 Å². The van der Waals surface area contributed by atoms with E-state index in [-0.39, 0.29) is 17.7 Å². The summed E-state index contributed by atoms with van der Waals surface area (Å²) in [6, 6.07) is 5.83. The number of benzene rings is 1. The van der Waals surface area contributed by atoms with Gasteiger partial charge >= 0.3 is 0 Å². The molecule has 2 fully saturated rings. The third kappa shape index (κ3) is 3.46. The number of carbonyl (C=O) groups excluding carboxylic acids is 2. The van der Waals surface area contributed by atoms with Crippen molar-refractivity contribution < 1.29 is 14.3 Å². The summed E-state index contributed by atoms with van der Waals surface area (Å²) in [5.41, 5.74) is 4.06. The van der Waals surface area contributed by atoms with Gasteiger partial charge in [0.05, 0.1) is 19.1 Å². The molecule has 0 radical (unpaired) electrons. The number of carbonyl (C=O) groups is 2. The van der Waals surface area contributed by atoms with Crippen molar-refractivity contribution in [3.05, 3.63) is 35.0 Å². The second-order valence-corrected chi connectivity index (χ2v) is 7.66. The Bertz CT molecular complexity index is 867. The molecule has 0 bridgehead atoms. The Morgan fingerprint density at radius 2 is 1.89 bits per heavy atom. The van der Waals surface area contributed by atoms with Gasteiger partial charge in [-0.2, -0.15) is 0 Å². The summed E-state index contributed by atoms with van der Waals surface area (Å²) in [5, 5.41) is 1.09. The monoisotopic (exact) mass is 369 g/mol. The molecule has 4 rings (SSSR count). The van der Waals surface area contributed by atoms with E-state index in [0.717, 1.165) is 36.0 Å². The maximum Gasteiger partial charge on any atom is 0.253 e. The van der Waals surface area contributed by atoms with Gasteiger partial charge in [0, 0.05) is 48.3 Å². The summed E-state index contributed by atoms with van der Waals surface area (Å²) in [6.07, 6.45) is 1.73. The van der Waals surface area contributed by atoms with Gasteiger partial charge in [0.2, 0.25) is 5.91 Å². The van der Waals surface area contributed by atoms with E-state index in [4.69, 9.17) is 4.74 Å². The average Bonchev–Trinajstić information content (AvgIpc) is 3.01. The number of aryl methyl sites for hydroxylation is 2. The van der Waals surface area contributed by atoms with Crippen LogP contribution in [-0.2, 0) is 9.53 Å². The number of ether oxygens (including phenoxy) is 1. The van der Waals surface area contributed by atoms with E-state index >= 15 is 0 Å². The normalized spacial score (nSPS) is 20.9. The number of aromatic nitrogens is 1. The largest absolute Gasteiger partial charge is 0.378 e. The van der Waals surface area contributed by atoms with E-state index in [9.17, 15) is 9.59 Å². The van der Waals surface area contributed by atoms with Gasteiger partial charge in [-0.25, -0.2) is 0 Å². The molecule has 27 heavy (non-hydrogen) atoms. The topological polar surface area (TPSA) is 65.6 Å². The molecule has 0 spiro atoms. The van der Waals surface area contributed by atoms with Crippen LogP contribution in [0.25, 0.3) is 10.9 Å². The van der Waals surface area contributed by atoms with Crippen molar-refractivity contribution in [2.24, 2.45) is 5.92 Å². The fourth-order valence-corrected chi connectivity index (χ4v) is 4.18. The number of piperidine rings is 1. The lowest BCUT2D eigenvalue weighted by Gasteiger charge is -2.36. The van der Waals surface area contributed by atoms with Crippen molar-refractivity contribution in [1.29, 1.82) is 0 Å². The third-order valence-corrected chi connectivity index (χ3v) is 5.94. The van der Waals surface area contributed by atoms with Crippen molar-refractivity contribution >= 4 is 22.7 Å². The highest BCUT2D eigenvalue weighted by molar-refractivity contribution is 5.99. The highest BCUT2D eigenvalue weighted by atomic mass is 16.5. The van der Waals surface area contributed by atoms with Crippen LogP contribution >= 0.6 is 0 Å². The van der Waals surface area contributed by atoms with E-state index in [1.807, 2.05) is 34.9 Å². The van der Waals surface area contributed by atoms with E-state index < -0.39 is 0 Å². The molecule has 6 nitrogen and oxygen atoms in total. The zero-order chi connectivity index (χ0) is 19.0. The maximum atomic E-state index is 13.1. The number of morpholine rings is 1. The second kappa shape index (κ2) is 7.35. The molecule has 2 aromatic rings. The first-order valence-electron chi connectivity index (χ1n) is 9.79. The summed E-state index contributed by atoms with van der Waals surface area (Å²) < 4.78 is 5.34. The molecule has 0 saturated carbocycles. The van der Waals surface area contributed by atoms with Gasteiger partial charge in [0.25, 0.3) is 5.91 Å². The molecular weight excluding hydrogens is 342 g/mol. The molecule has 2 amide bonds. The Morgan fingerprint density at radius 1 is 1.11 bits per heavy atom. The van der Waals surface area contributed by atoms with Gasteiger partial charge in [-0.3, -0.25) is 9.59 Å². The van der Waals surface area contributed by atoms with Gasteiger partial charge < -0.3 is 19.5 Å². The molecule has 144 valence electrons. The smallest absolute Gasteiger partial charge is 0.253 e. The number of amides is 2. The summed E-state index contributed by atoms with van der Waals surface area (Å²) in [6.45, 7) is 7.88. The summed E-state index contributed by atoms with van der Waals surface area (Å²) in [5.74, 6) is 0.0961. The minimum atomic E-state index is -0.0965. The maximum absolute atomic E-state index is 13.1. The van der Waals surface area contributed by atoms with E-state index in [0.29, 0.717) is 38.4 Å². The molecule has 3 heterocycles. The predicted molar refractivity (Wildman–Crippen MR) is 104 cm³/mol. The highest BCUT2D eigenvalue weighted by Gasteiger charge is 2.32. The van der Waals surface area contributed by atoms with Crippen LogP contribution in [-0.4, -0.2) is 66.0 Å². The standard InChI is InChI=1S/C21H27N3O3/c1-14-15(2)22-19-6-5-16(12-18(14)19)20(25)24-7-3-4-17(13-24)21(26)23-8-10-27-11-9-23/h5-6,12,17,22H,3-4,7-11,13H2,1-2H3.